The molecule has 0 saturated heterocycles. The second-order valence-electron chi connectivity index (χ2n) is 3.33. The molecule has 2 nitrogen and oxygen atoms in total. The smallest absolute Gasteiger partial charge is 0.0662 e. The molecule has 0 aromatic heterocycles. The van der Waals surface area contributed by atoms with Crippen LogP contribution in [0.2, 0.25) is 0 Å². The van der Waals surface area contributed by atoms with Gasteiger partial charge in [0.15, 0.2) is 0 Å². The second-order valence-corrected chi connectivity index (χ2v) is 3.33. The van der Waals surface area contributed by atoms with Gasteiger partial charge in [0.1, 0.15) is 0 Å². The summed E-state index contributed by atoms with van der Waals surface area (Å²) in [5.74, 6) is 0.654. The van der Waals surface area contributed by atoms with E-state index in [1.54, 1.807) is 6.92 Å². The molecule has 0 aliphatic rings. The minimum atomic E-state index is -0.251. The van der Waals surface area contributed by atoms with Crippen LogP contribution in [0, 0.1) is 5.92 Å². The van der Waals surface area contributed by atoms with E-state index < -0.39 is 0 Å². The first-order valence-electron chi connectivity index (χ1n) is 3.95. The second kappa shape index (κ2) is 4.69. The van der Waals surface area contributed by atoms with Crippen molar-refractivity contribution in [3.63, 3.8) is 0 Å². The monoisotopic (exact) mass is 145 g/mol. The SMILES string of the molecule is CC(C)CNC(C)C(C)O. The van der Waals surface area contributed by atoms with E-state index >= 15 is 0 Å². The fraction of sp³-hybridized carbons (Fsp3) is 1.00. The number of rotatable bonds is 4. The van der Waals surface area contributed by atoms with Gasteiger partial charge in [-0.1, -0.05) is 13.8 Å². The molecule has 0 aromatic carbocycles. The van der Waals surface area contributed by atoms with E-state index in [0.29, 0.717) is 5.92 Å². The van der Waals surface area contributed by atoms with E-state index in [0.717, 1.165) is 6.54 Å². The van der Waals surface area contributed by atoms with Crippen molar-refractivity contribution >= 4 is 0 Å². The maximum atomic E-state index is 9.07. The molecular weight excluding hydrogens is 126 g/mol. The highest BCUT2D eigenvalue weighted by Crippen LogP contribution is 1.93. The molecule has 0 aliphatic carbocycles. The molecule has 0 fully saturated rings. The molecule has 0 saturated carbocycles. The Hall–Kier alpha value is -0.0800. The lowest BCUT2D eigenvalue weighted by molar-refractivity contribution is 0.151. The van der Waals surface area contributed by atoms with Crippen LogP contribution in [0.15, 0.2) is 0 Å². The molecule has 0 radical (unpaired) electrons. The number of hydrogen-bond donors (Lipinski definition) is 2. The Bertz CT molecular complexity index is 81.3. The fourth-order valence-electron chi connectivity index (χ4n) is 0.592. The highest BCUT2D eigenvalue weighted by atomic mass is 16.3. The van der Waals surface area contributed by atoms with E-state index in [9.17, 15) is 0 Å². The molecule has 0 amide bonds. The molecule has 0 aliphatic heterocycles. The summed E-state index contributed by atoms with van der Waals surface area (Å²) < 4.78 is 0. The van der Waals surface area contributed by atoms with Crippen molar-refractivity contribution in [2.75, 3.05) is 6.54 Å². The predicted molar refractivity (Wildman–Crippen MR) is 44.0 cm³/mol. The molecule has 2 atom stereocenters. The Morgan fingerprint density at radius 1 is 1.20 bits per heavy atom. The molecule has 2 heteroatoms. The minimum absolute atomic E-state index is 0.211. The first-order valence-corrected chi connectivity index (χ1v) is 3.95. The highest BCUT2D eigenvalue weighted by Gasteiger charge is 2.06. The molecule has 2 unspecified atom stereocenters. The zero-order valence-electron chi connectivity index (χ0n) is 7.39. The van der Waals surface area contributed by atoms with Gasteiger partial charge in [0.2, 0.25) is 0 Å². The van der Waals surface area contributed by atoms with Crippen LogP contribution in [0.5, 0.6) is 0 Å². The number of aliphatic hydroxyl groups is 1. The van der Waals surface area contributed by atoms with Crippen LogP contribution in [-0.4, -0.2) is 23.8 Å². The zero-order valence-corrected chi connectivity index (χ0v) is 7.39. The number of hydrogen-bond acceptors (Lipinski definition) is 2. The summed E-state index contributed by atoms with van der Waals surface area (Å²) in [5.41, 5.74) is 0. The third-order valence-corrected chi connectivity index (χ3v) is 1.57. The van der Waals surface area contributed by atoms with E-state index in [2.05, 4.69) is 19.2 Å². The summed E-state index contributed by atoms with van der Waals surface area (Å²) in [6, 6.07) is 0.211. The maximum Gasteiger partial charge on any atom is 0.0662 e. The standard InChI is InChI=1S/C8H19NO/c1-6(2)5-9-7(3)8(4)10/h6-10H,5H2,1-4H3. The third-order valence-electron chi connectivity index (χ3n) is 1.57. The largest absolute Gasteiger partial charge is 0.392 e. The van der Waals surface area contributed by atoms with E-state index in [4.69, 9.17) is 5.11 Å². The molecule has 10 heavy (non-hydrogen) atoms. The van der Waals surface area contributed by atoms with Crippen molar-refractivity contribution < 1.29 is 5.11 Å². The zero-order chi connectivity index (χ0) is 8.15. The average molecular weight is 145 g/mol. The summed E-state index contributed by atoms with van der Waals surface area (Å²) in [4.78, 5) is 0. The Morgan fingerprint density at radius 2 is 1.70 bits per heavy atom. The molecule has 0 aromatic rings. The van der Waals surface area contributed by atoms with Gasteiger partial charge in [-0.2, -0.15) is 0 Å². The van der Waals surface area contributed by atoms with Gasteiger partial charge in [0, 0.05) is 6.04 Å². The summed E-state index contributed by atoms with van der Waals surface area (Å²) in [6.07, 6.45) is -0.251. The van der Waals surface area contributed by atoms with Crippen LogP contribution in [0.1, 0.15) is 27.7 Å². The van der Waals surface area contributed by atoms with Crippen LogP contribution in [0.25, 0.3) is 0 Å². The molecular formula is C8H19NO. The Kier molecular flexibility index (Phi) is 4.65. The quantitative estimate of drug-likeness (QED) is 0.618. The van der Waals surface area contributed by atoms with Gasteiger partial charge < -0.3 is 10.4 Å². The van der Waals surface area contributed by atoms with Gasteiger partial charge in [0.05, 0.1) is 6.10 Å². The van der Waals surface area contributed by atoms with Crippen molar-refractivity contribution in [1.82, 2.24) is 5.32 Å². The lowest BCUT2D eigenvalue weighted by atomic mass is 10.1. The normalized spacial score (nSPS) is 17.4. The highest BCUT2D eigenvalue weighted by molar-refractivity contribution is 4.66. The van der Waals surface area contributed by atoms with Gasteiger partial charge >= 0.3 is 0 Å². The van der Waals surface area contributed by atoms with Crippen molar-refractivity contribution in [2.24, 2.45) is 5.92 Å². The maximum absolute atomic E-state index is 9.07. The summed E-state index contributed by atoms with van der Waals surface area (Å²) in [5, 5.41) is 12.3. The summed E-state index contributed by atoms with van der Waals surface area (Å²) in [7, 11) is 0. The van der Waals surface area contributed by atoms with E-state index in [-0.39, 0.29) is 12.1 Å². The van der Waals surface area contributed by atoms with Gasteiger partial charge in [-0.3, -0.25) is 0 Å². The molecule has 0 spiro atoms. The molecule has 2 N–H and O–H groups in total. The van der Waals surface area contributed by atoms with Gasteiger partial charge in [0.25, 0.3) is 0 Å². The first-order chi connectivity index (χ1) is 4.54. The van der Waals surface area contributed by atoms with Gasteiger partial charge in [-0.15, -0.1) is 0 Å². The lowest BCUT2D eigenvalue weighted by Crippen LogP contribution is -2.37. The Morgan fingerprint density at radius 3 is 2.00 bits per heavy atom. The lowest BCUT2D eigenvalue weighted by Gasteiger charge is -2.17. The van der Waals surface area contributed by atoms with E-state index in [1.165, 1.54) is 0 Å². The van der Waals surface area contributed by atoms with Crippen LogP contribution in [-0.2, 0) is 0 Å². The molecule has 62 valence electrons. The topological polar surface area (TPSA) is 32.3 Å². The van der Waals surface area contributed by atoms with Crippen molar-refractivity contribution in [3.8, 4) is 0 Å². The van der Waals surface area contributed by atoms with E-state index in [1.807, 2.05) is 6.92 Å². The van der Waals surface area contributed by atoms with Crippen LogP contribution >= 0.6 is 0 Å². The Balaban J connectivity index is 3.30. The summed E-state index contributed by atoms with van der Waals surface area (Å²) >= 11 is 0. The third kappa shape index (κ3) is 4.77. The van der Waals surface area contributed by atoms with Gasteiger partial charge in [-0.25, -0.2) is 0 Å². The van der Waals surface area contributed by atoms with Crippen LogP contribution in [0.4, 0.5) is 0 Å². The number of nitrogens with one attached hydrogen (secondary N) is 1. The first kappa shape index (κ1) is 9.92. The van der Waals surface area contributed by atoms with Crippen LogP contribution < -0.4 is 5.32 Å². The van der Waals surface area contributed by atoms with Crippen molar-refractivity contribution in [1.29, 1.82) is 0 Å². The van der Waals surface area contributed by atoms with Gasteiger partial charge in [-0.05, 0) is 26.3 Å². The average Bonchev–Trinajstić information content (AvgIpc) is 1.82. The Labute approximate surface area is 63.6 Å². The summed E-state index contributed by atoms with van der Waals surface area (Å²) in [6.45, 7) is 9.08. The van der Waals surface area contributed by atoms with Crippen molar-refractivity contribution in [2.45, 2.75) is 39.8 Å². The number of aliphatic hydroxyl groups excluding tert-OH is 1. The predicted octanol–water partition coefficient (Wildman–Crippen LogP) is 1.00. The van der Waals surface area contributed by atoms with Crippen molar-refractivity contribution in [3.05, 3.63) is 0 Å². The fourth-order valence-corrected chi connectivity index (χ4v) is 0.592. The molecule has 0 bridgehead atoms. The van der Waals surface area contributed by atoms with Crippen LogP contribution in [0.3, 0.4) is 0 Å². The molecule has 0 heterocycles. The molecule has 0 rings (SSSR count). The minimum Gasteiger partial charge on any atom is -0.392 e.